The van der Waals surface area contributed by atoms with Crippen LogP contribution in [0.1, 0.15) is 29.8 Å². The zero-order chi connectivity index (χ0) is 22.8. The minimum atomic E-state index is -0.584. The van der Waals surface area contributed by atoms with Gasteiger partial charge < -0.3 is 20.1 Å². The van der Waals surface area contributed by atoms with Crippen LogP contribution in [0.2, 0.25) is 0 Å². The van der Waals surface area contributed by atoms with Gasteiger partial charge in [0.15, 0.2) is 6.61 Å². The van der Waals surface area contributed by atoms with Gasteiger partial charge in [-0.25, -0.2) is 4.79 Å². The van der Waals surface area contributed by atoms with E-state index in [1.54, 1.807) is 36.4 Å². The lowest BCUT2D eigenvalue weighted by atomic mass is 10.1. The molecule has 0 unspecified atom stereocenters. The molecule has 0 heterocycles. The van der Waals surface area contributed by atoms with Gasteiger partial charge in [0.25, 0.3) is 11.8 Å². The van der Waals surface area contributed by atoms with Crippen molar-refractivity contribution in [1.82, 2.24) is 5.32 Å². The third kappa shape index (κ3) is 7.33. The van der Waals surface area contributed by atoms with Crippen molar-refractivity contribution < 1.29 is 23.9 Å². The van der Waals surface area contributed by atoms with E-state index < -0.39 is 11.9 Å². The first-order valence-electron chi connectivity index (χ1n) is 9.46. The zero-order valence-corrected chi connectivity index (χ0v) is 17.5. The van der Waals surface area contributed by atoms with E-state index >= 15 is 0 Å². The predicted octanol–water partition coefficient (Wildman–Crippen LogP) is 2.92. The minimum absolute atomic E-state index is 0.0324. The van der Waals surface area contributed by atoms with Crippen molar-refractivity contribution in [2.24, 2.45) is 0 Å². The Morgan fingerprint density at radius 1 is 1.06 bits per heavy atom. The average molecular weight is 421 g/mol. The highest BCUT2D eigenvalue weighted by Gasteiger charge is 2.11. The Morgan fingerprint density at radius 2 is 1.71 bits per heavy atom. The van der Waals surface area contributed by atoms with Crippen molar-refractivity contribution in [3.05, 3.63) is 65.2 Å². The summed E-state index contributed by atoms with van der Waals surface area (Å²) in [6, 6.07) is 14.6. The number of hydrogen-bond acceptors (Lipinski definition) is 6. The third-order valence-corrected chi connectivity index (χ3v) is 3.94. The van der Waals surface area contributed by atoms with E-state index in [0.717, 1.165) is 0 Å². The van der Waals surface area contributed by atoms with Gasteiger partial charge in [-0.15, -0.1) is 0 Å². The molecule has 0 saturated carbocycles. The molecule has 2 N–H and O–H groups in total. The normalized spacial score (nSPS) is 10.7. The van der Waals surface area contributed by atoms with Gasteiger partial charge in [0.1, 0.15) is 17.4 Å². The first-order valence-corrected chi connectivity index (χ1v) is 9.46. The molecule has 0 aliphatic carbocycles. The summed E-state index contributed by atoms with van der Waals surface area (Å²) in [6.07, 6.45) is 1.44. The highest BCUT2D eigenvalue weighted by atomic mass is 16.5. The smallest absolute Gasteiger partial charge is 0.337 e. The van der Waals surface area contributed by atoms with Gasteiger partial charge in [-0.3, -0.25) is 9.59 Å². The highest BCUT2D eigenvalue weighted by Crippen LogP contribution is 2.16. The van der Waals surface area contributed by atoms with Crippen LogP contribution in [0.15, 0.2) is 54.1 Å². The summed E-state index contributed by atoms with van der Waals surface area (Å²) >= 11 is 0. The Balaban J connectivity index is 2.00. The SMILES string of the molecule is COC(=O)c1ccc(NC(=O)/C(C#N)=C\c2ccc(OCC(=O)NC(C)C)cc2)cc1. The summed E-state index contributed by atoms with van der Waals surface area (Å²) in [6.45, 7) is 3.62. The third-order valence-electron chi connectivity index (χ3n) is 3.94. The van der Waals surface area contributed by atoms with Gasteiger partial charge in [-0.05, 0) is 61.9 Å². The number of nitriles is 1. The Morgan fingerprint density at radius 3 is 2.26 bits per heavy atom. The molecule has 2 rings (SSSR count). The number of ether oxygens (including phenoxy) is 2. The quantitative estimate of drug-likeness (QED) is 0.384. The molecule has 0 aliphatic heterocycles. The number of nitrogens with one attached hydrogen (secondary N) is 2. The number of carbonyl (C=O) groups is 3. The number of hydrogen-bond donors (Lipinski definition) is 2. The molecule has 8 nitrogen and oxygen atoms in total. The van der Waals surface area contributed by atoms with E-state index in [1.807, 2.05) is 19.9 Å². The van der Waals surface area contributed by atoms with Gasteiger partial charge in [0.05, 0.1) is 12.7 Å². The molecule has 0 aromatic heterocycles. The molecule has 0 fully saturated rings. The van der Waals surface area contributed by atoms with Gasteiger partial charge in [0.2, 0.25) is 0 Å². The van der Waals surface area contributed by atoms with E-state index in [4.69, 9.17) is 4.74 Å². The summed E-state index contributed by atoms with van der Waals surface area (Å²) in [5.41, 5.74) is 1.30. The molecule has 0 saturated heterocycles. The molecule has 0 atom stereocenters. The predicted molar refractivity (Wildman–Crippen MR) is 115 cm³/mol. The van der Waals surface area contributed by atoms with Crippen LogP contribution in [0.3, 0.4) is 0 Å². The van der Waals surface area contributed by atoms with Crippen LogP contribution in [0, 0.1) is 11.3 Å². The number of anilines is 1. The Bertz CT molecular complexity index is 1000. The van der Waals surface area contributed by atoms with Gasteiger partial charge in [-0.1, -0.05) is 12.1 Å². The second-order valence-electron chi connectivity index (χ2n) is 6.77. The van der Waals surface area contributed by atoms with Crippen molar-refractivity contribution in [2.45, 2.75) is 19.9 Å². The summed E-state index contributed by atoms with van der Waals surface area (Å²) in [4.78, 5) is 35.5. The lowest BCUT2D eigenvalue weighted by Crippen LogP contribution is -2.34. The first kappa shape index (κ1) is 23.2. The molecule has 0 bridgehead atoms. The standard InChI is InChI=1S/C23H23N3O5/c1-15(2)25-21(27)14-31-20-10-4-16(5-11-20)12-18(13-24)22(28)26-19-8-6-17(7-9-19)23(29)30-3/h4-12,15H,14H2,1-3H3,(H,25,27)(H,26,28)/b18-12-. The number of amides is 2. The molecule has 2 amide bonds. The van der Waals surface area contributed by atoms with Crippen LogP contribution in [0.25, 0.3) is 6.08 Å². The number of methoxy groups -OCH3 is 1. The van der Waals surface area contributed by atoms with E-state index in [2.05, 4.69) is 15.4 Å². The van der Waals surface area contributed by atoms with E-state index in [1.165, 1.54) is 25.3 Å². The second-order valence-corrected chi connectivity index (χ2v) is 6.77. The topological polar surface area (TPSA) is 118 Å². The number of esters is 1. The van der Waals surface area contributed by atoms with Crippen molar-refractivity contribution in [3.63, 3.8) is 0 Å². The van der Waals surface area contributed by atoms with Crippen molar-refractivity contribution in [1.29, 1.82) is 5.26 Å². The number of nitrogens with zero attached hydrogens (tertiary/aromatic N) is 1. The lowest BCUT2D eigenvalue weighted by molar-refractivity contribution is -0.123. The monoisotopic (exact) mass is 421 g/mol. The van der Waals surface area contributed by atoms with Crippen LogP contribution >= 0.6 is 0 Å². The Kier molecular flexibility index (Phi) is 8.34. The Labute approximate surface area is 180 Å². The van der Waals surface area contributed by atoms with Crippen molar-refractivity contribution >= 4 is 29.5 Å². The minimum Gasteiger partial charge on any atom is -0.484 e. The molecule has 2 aromatic carbocycles. The molecule has 31 heavy (non-hydrogen) atoms. The van der Waals surface area contributed by atoms with Gasteiger partial charge in [-0.2, -0.15) is 5.26 Å². The maximum absolute atomic E-state index is 12.4. The van der Waals surface area contributed by atoms with Gasteiger partial charge >= 0.3 is 5.97 Å². The molecule has 0 aliphatic rings. The van der Waals surface area contributed by atoms with E-state index in [0.29, 0.717) is 22.6 Å². The fraction of sp³-hybridized carbons (Fsp3) is 0.217. The first-order chi connectivity index (χ1) is 14.8. The van der Waals surface area contributed by atoms with E-state index in [-0.39, 0.29) is 24.1 Å². The highest BCUT2D eigenvalue weighted by molar-refractivity contribution is 6.09. The molecule has 0 spiro atoms. The molecule has 2 aromatic rings. The van der Waals surface area contributed by atoms with Crippen LogP contribution in [0.5, 0.6) is 5.75 Å². The molecule has 8 heteroatoms. The van der Waals surface area contributed by atoms with Crippen LogP contribution < -0.4 is 15.4 Å². The number of benzene rings is 2. The maximum Gasteiger partial charge on any atom is 0.337 e. The van der Waals surface area contributed by atoms with Crippen molar-refractivity contribution in [3.8, 4) is 11.8 Å². The average Bonchev–Trinajstić information content (AvgIpc) is 2.76. The summed E-state index contributed by atoms with van der Waals surface area (Å²) in [7, 11) is 1.28. The van der Waals surface area contributed by atoms with E-state index in [9.17, 15) is 19.6 Å². The summed E-state index contributed by atoms with van der Waals surface area (Å²) in [5.74, 6) is -0.797. The number of rotatable bonds is 8. The summed E-state index contributed by atoms with van der Waals surface area (Å²) in [5, 5.41) is 14.7. The second kappa shape index (κ2) is 11.2. The Hall–Kier alpha value is -4.12. The molecule has 160 valence electrons. The zero-order valence-electron chi connectivity index (χ0n) is 17.5. The van der Waals surface area contributed by atoms with Crippen LogP contribution in [-0.4, -0.2) is 37.5 Å². The van der Waals surface area contributed by atoms with Crippen LogP contribution in [-0.2, 0) is 14.3 Å². The van der Waals surface area contributed by atoms with Crippen LogP contribution in [0.4, 0.5) is 5.69 Å². The molecular weight excluding hydrogens is 398 g/mol. The van der Waals surface area contributed by atoms with Crippen molar-refractivity contribution in [2.75, 3.05) is 19.0 Å². The molecule has 0 radical (unpaired) electrons. The number of carbonyl (C=O) groups excluding carboxylic acids is 3. The maximum atomic E-state index is 12.4. The fourth-order valence-corrected chi connectivity index (χ4v) is 2.49. The summed E-state index contributed by atoms with van der Waals surface area (Å²) < 4.78 is 10.0. The largest absolute Gasteiger partial charge is 0.484 e. The molecular formula is C23H23N3O5. The lowest BCUT2D eigenvalue weighted by Gasteiger charge is -2.09. The van der Waals surface area contributed by atoms with Gasteiger partial charge in [0, 0.05) is 11.7 Å². The fourth-order valence-electron chi connectivity index (χ4n) is 2.49.